The maximum atomic E-state index is 6.09. The van der Waals surface area contributed by atoms with Gasteiger partial charge in [-0.25, -0.2) is 4.98 Å². The SMILES string of the molecule is CNC(C)c1cccnc1Oc1ccc(Cl)cc1Cl. The maximum absolute atomic E-state index is 6.09. The molecule has 1 N–H and O–H groups in total. The predicted molar refractivity (Wildman–Crippen MR) is 78.2 cm³/mol. The number of aromatic nitrogens is 1. The van der Waals surface area contributed by atoms with Gasteiger partial charge in [0.25, 0.3) is 0 Å². The van der Waals surface area contributed by atoms with E-state index >= 15 is 0 Å². The molecule has 1 heterocycles. The molecule has 5 heteroatoms. The Labute approximate surface area is 122 Å². The zero-order valence-corrected chi connectivity index (χ0v) is 12.2. The molecule has 0 fully saturated rings. The second-order valence-electron chi connectivity index (χ2n) is 4.08. The molecule has 0 aliphatic rings. The van der Waals surface area contributed by atoms with Crippen LogP contribution in [-0.2, 0) is 0 Å². The molecule has 0 saturated heterocycles. The van der Waals surface area contributed by atoms with Crippen molar-refractivity contribution in [3.63, 3.8) is 0 Å². The number of ether oxygens (including phenoxy) is 1. The molecule has 1 atom stereocenters. The van der Waals surface area contributed by atoms with Crippen LogP contribution in [0.2, 0.25) is 10.0 Å². The Morgan fingerprint density at radius 3 is 2.74 bits per heavy atom. The zero-order valence-electron chi connectivity index (χ0n) is 10.7. The molecular weight excluding hydrogens is 283 g/mol. The minimum Gasteiger partial charge on any atom is -0.437 e. The van der Waals surface area contributed by atoms with Crippen LogP contribution in [0.5, 0.6) is 11.6 Å². The summed E-state index contributed by atoms with van der Waals surface area (Å²) < 4.78 is 5.78. The Bertz CT molecular complexity index is 575. The van der Waals surface area contributed by atoms with Crippen LogP contribution in [-0.4, -0.2) is 12.0 Å². The Kier molecular flexibility index (Phi) is 4.64. The van der Waals surface area contributed by atoms with Gasteiger partial charge in [-0.2, -0.15) is 0 Å². The summed E-state index contributed by atoms with van der Waals surface area (Å²) in [4.78, 5) is 4.25. The Morgan fingerprint density at radius 1 is 1.26 bits per heavy atom. The second kappa shape index (κ2) is 6.24. The molecule has 0 saturated carbocycles. The lowest BCUT2D eigenvalue weighted by Gasteiger charge is -2.15. The number of hydrogen-bond donors (Lipinski definition) is 1. The van der Waals surface area contributed by atoms with Crippen molar-refractivity contribution in [1.82, 2.24) is 10.3 Å². The first-order valence-corrected chi connectivity index (χ1v) is 6.62. The zero-order chi connectivity index (χ0) is 13.8. The minimum atomic E-state index is 0.134. The van der Waals surface area contributed by atoms with Crippen LogP contribution in [0, 0.1) is 0 Å². The number of hydrogen-bond acceptors (Lipinski definition) is 3. The van der Waals surface area contributed by atoms with Gasteiger partial charge in [0, 0.05) is 22.8 Å². The molecule has 1 aromatic heterocycles. The highest BCUT2D eigenvalue weighted by atomic mass is 35.5. The van der Waals surface area contributed by atoms with Gasteiger partial charge < -0.3 is 10.1 Å². The fourth-order valence-corrected chi connectivity index (χ4v) is 2.08. The molecule has 0 aliphatic heterocycles. The molecular formula is C14H14Cl2N2O. The first-order chi connectivity index (χ1) is 9.11. The van der Waals surface area contributed by atoms with E-state index in [2.05, 4.69) is 10.3 Å². The van der Waals surface area contributed by atoms with Gasteiger partial charge in [-0.1, -0.05) is 29.3 Å². The topological polar surface area (TPSA) is 34.2 Å². The van der Waals surface area contributed by atoms with Crippen molar-refractivity contribution in [2.24, 2.45) is 0 Å². The van der Waals surface area contributed by atoms with Crippen LogP contribution >= 0.6 is 23.2 Å². The third kappa shape index (κ3) is 3.38. The van der Waals surface area contributed by atoms with Crippen LogP contribution in [0.3, 0.4) is 0 Å². The molecule has 0 radical (unpaired) electrons. The van der Waals surface area contributed by atoms with Crippen molar-refractivity contribution >= 4 is 23.2 Å². The highest BCUT2D eigenvalue weighted by Crippen LogP contribution is 2.33. The summed E-state index contributed by atoms with van der Waals surface area (Å²) in [6.07, 6.45) is 1.69. The fraction of sp³-hybridized carbons (Fsp3) is 0.214. The fourth-order valence-electron chi connectivity index (χ4n) is 1.64. The van der Waals surface area contributed by atoms with Crippen LogP contribution in [0.1, 0.15) is 18.5 Å². The molecule has 0 amide bonds. The predicted octanol–water partition coefficient (Wildman–Crippen LogP) is 4.46. The molecule has 1 unspecified atom stereocenters. The molecule has 1 aromatic carbocycles. The summed E-state index contributed by atoms with van der Waals surface area (Å²) in [6.45, 7) is 2.04. The van der Waals surface area contributed by atoms with Crippen molar-refractivity contribution in [3.8, 4) is 11.6 Å². The lowest BCUT2D eigenvalue weighted by atomic mass is 10.1. The Balaban J connectivity index is 2.33. The minimum absolute atomic E-state index is 0.134. The van der Waals surface area contributed by atoms with E-state index in [1.54, 1.807) is 24.4 Å². The van der Waals surface area contributed by atoms with Gasteiger partial charge in [-0.05, 0) is 38.2 Å². The van der Waals surface area contributed by atoms with Crippen molar-refractivity contribution in [2.45, 2.75) is 13.0 Å². The summed E-state index contributed by atoms with van der Waals surface area (Å²) in [5.74, 6) is 1.07. The first kappa shape index (κ1) is 14.1. The van der Waals surface area contributed by atoms with E-state index in [1.165, 1.54) is 0 Å². The third-order valence-corrected chi connectivity index (χ3v) is 3.33. The van der Waals surface area contributed by atoms with Crippen LogP contribution < -0.4 is 10.1 Å². The number of benzene rings is 1. The third-order valence-electron chi connectivity index (χ3n) is 2.80. The summed E-state index contributed by atoms with van der Waals surface area (Å²) >= 11 is 12.0. The van der Waals surface area contributed by atoms with Crippen LogP contribution in [0.15, 0.2) is 36.5 Å². The van der Waals surface area contributed by atoms with E-state index < -0.39 is 0 Å². The average molecular weight is 297 g/mol. The quantitative estimate of drug-likeness (QED) is 0.904. The van der Waals surface area contributed by atoms with Gasteiger partial charge in [-0.15, -0.1) is 0 Å². The maximum Gasteiger partial charge on any atom is 0.224 e. The molecule has 19 heavy (non-hydrogen) atoms. The Hall–Kier alpha value is -1.29. The smallest absolute Gasteiger partial charge is 0.224 e. The van der Waals surface area contributed by atoms with Gasteiger partial charge in [0.05, 0.1) is 5.02 Å². The summed E-state index contributed by atoms with van der Waals surface area (Å²) in [6, 6.07) is 9.07. The number of pyridine rings is 1. The number of rotatable bonds is 4. The number of halogens is 2. The molecule has 2 aromatic rings. The van der Waals surface area contributed by atoms with Gasteiger partial charge in [0.1, 0.15) is 5.75 Å². The Morgan fingerprint density at radius 2 is 2.05 bits per heavy atom. The summed E-state index contributed by atoms with van der Waals surface area (Å²) in [5.41, 5.74) is 0.969. The molecule has 100 valence electrons. The van der Waals surface area contributed by atoms with Gasteiger partial charge >= 0.3 is 0 Å². The van der Waals surface area contributed by atoms with Crippen molar-refractivity contribution < 1.29 is 4.74 Å². The molecule has 3 nitrogen and oxygen atoms in total. The highest BCUT2D eigenvalue weighted by molar-refractivity contribution is 6.35. The average Bonchev–Trinajstić information content (AvgIpc) is 2.41. The second-order valence-corrected chi connectivity index (χ2v) is 4.93. The molecule has 0 spiro atoms. The number of nitrogens with one attached hydrogen (secondary N) is 1. The van der Waals surface area contributed by atoms with Gasteiger partial charge in [0.15, 0.2) is 0 Å². The molecule has 0 aliphatic carbocycles. The lowest BCUT2D eigenvalue weighted by molar-refractivity contribution is 0.447. The van der Waals surface area contributed by atoms with Crippen LogP contribution in [0.4, 0.5) is 0 Å². The summed E-state index contributed by atoms with van der Waals surface area (Å²) in [5, 5.41) is 4.19. The largest absolute Gasteiger partial charge is 0.437 e. The van der Waals surface area contributed by atoms with E-state index in [0.29, 0.717) is 21.7 Å². The first-order valence-electron chi connectivity index (χ1n) is 5.87. The standard InChI is InChI=1S/C14H14Cl2N2O/c1-9(17-2)11-4-3-7-18-14(11)19-13-6-5-10(15)8-12(13)16/h3-9,17H,1-2H3. The van der Waals surface area contributed by atoms with E-state index in [9.17, 15) is 0 Å². The van der Waals surface area contributed by atoms with E-state index in [4.69, 9.17) is 27.9 Å². The number of nitrogens with zero attached hydrogens (tertiary/aromatic N) is 1. The van der Waals surface area contributed by atoms with Crippen molar-refractivity contribution in [3.05, 3.63) is 52.1 Å². The van der Waals surface area contributed by atoms with E-state index in [-0.39, 0.29) is 6.04 Å². The van der Waals surface area contributed by atoms with E-state index in [1.807, 2.05) is 26.1 Å². The molecule has 0 bridgehead atoms. The molecule has 2 rings (SSSR count). The van der Waals surface area contributed by atoms with E-state index in [0.717, 1.165) is 5.56 Å². The monoisotopic (exact) mass is 296 g/mol. The van der Waals surface area contributed by atoms with Gasteiger partial charge in [-0.3, -0.25) is 0 Å². The lowest BCUT2D eigenvalue weighted by Crippen LogP contribution is -2.13. The normalized spacial score (nSPS) is 12.2. The highest BCUT2D eigenvalue weighted by Gasteiger charge is 2.13. The van der Waals surface area contributed by atoms with Crippen molar-refractivity contribution in [2.75, 3.05) is 7.05 Å². The van der Waals surface area contributed by atoms with Gasteiger partial charge in [0.2, 0.25) is 5.88 Å². The summed E-state index contributed by atoms with van der Waals surface area (Å²) in [7, 11) is 1.89. The van der Waals surface area contributed by atoms with Crippen LogP contribution in [0.25, 0.3) is 0 Å². The van der Waals surface area contributed by atoms with Crippen molar-refractivity contribution in [1.29, 1.82) is 0 Å².